The summed E-state index contributed by atoms with van der Waals surface area (Å²) in [5.41, 5.74) is 5.28. The number of hydrogen-bond donors (Lipinski definition) is 6. The van der Waals surface area contributed by atoms with Crippen LogP contribution in [0.3, 0.4) is 0 Å². The average Bonchev–Trinajstić information content (AvgIpc) is 2.53. The average molecular weight is 406 g/mol. The summed E-state index contributed by atoms with van der Waals surface area (Å²) in [5, 5.41) is 38.5. The zero-order chi connectivity index (χ0) is 21.7. The van der Waals surface area contributed by atoms with E-state index in [0.29, 0.717) is 0 Å². The van der Waals surface area contributed by atoms with Crippen LogP contribution < -0.4 is 11.1 Å². The highest BCUT2D eigenvalue weighted by atomic mass is 16.4. The third-order valence-corrected chi connectivity index (χ3v) is 3.55. The van der Waals surface area contributed by atoms with Crippen molar-refractivity contribution in [1.82, 2.24) is 15.1 Å². The van der Waals surface area contributed by atoms with Crippen LogP contribution >= 0.6 is 0 Å². The first kappa shape index (κ1) is 25.2. The third kappa shape index (κ3) is 12.6. The molecule has 0 aliphatic rings. The Kier molecular flexibility index (Phi) is 12.1. The van der Waals surface area contributed by atoms with E-state index in [9.17, 15) is 24.0 Å². The summed E-state index contributed by atoms with van der Waals surface area (Å²) in [7, 11) is 0. The molecule has 0 bridgehead atoms. The molecule has 0 heterocycles. The van der Waals surface area contributed by atoms with Crippen LogP contribution in [0.2, 0.25) is 0 Å². The van der Waals surface area contributed by atoms with E-state index in [2.05, 4.69) is 5.32 Å². The Morgan fingerprint density at radius 2 is 1.29 bits per heavy atom. The number of nitrogens with two attached hydrogens (primary N) is 1. The van der Waals surface area contributed by atoms with E-state index in [0.717, 1.165) is 9.80 Å². The second kappa shape index (κ2) is 13.4. The molecule has 0 spiro atoms. The van der Waals surface area contributed by atoms with Crippen molar-refractivity contribution in [2.45, 2.75) is 18.9 Å². The van der Waals surface area contributed by atoms with Crippen LogP contribution in [0.15, 0.2) is 0 Å². The van der Waals surface area contributed by atoms with Crippen LogP contribution in [-0.4, -0.2) is 112 Å². The molecule has 0 aromatic heterocycles. The van der Waals surface area contributed by atoms with Gasteiger partial charge < -0.3 is 31.5 Å². The maximum absolute atomic E-state index is 11.8. The highest BCUT2D eigenvalue weighted by Crippen LogP contribution is 2.10. The second-order valence-electron chi connectivity index (χ2n) is 5.98. The fraction of sp³-hybridized carbons (Fsp3) is 0.667. The van der Waals surface area contributed by atoms with Gasteiger partial charge in [0.15, 0.2) is 0 Å². The molecule has 0 aliphatic heterocycles. The monoisotopic (exact) mass is 406 g/mol. The number of aliphatic carboxylic acids is 4. The summed E-state index contributed by atoms with van der Waals surface area (Å²) < 4.78 is 0. The maximum atomic E-state index is 11.8. The maximum Gasteiger partial charge on any atom is 0.317 e. The molecule has 0 rings (SSSR count). The van der Waals surface area contributed by atoms with Gasteiger partial charge in [-0.3, -0.25) is 33.8 Å². The number of carbonyl (C=O) groups is 5. The minimum absolute atomic E-state index is 0.00724. The zero-order valence-electron chi connectivity index (χ0n) is 15.2. The molecule has 0 radical (unpaired) electrons. The molecular formula is C15H26N4O9. The number of carbonyl (C=O) groups excluding carboxylic acids is 1. The van der Waals surface area contributed by atoms with Gasteiger partial charge in [0.2, 0.25) is 5.91 Å². The van der Waals surface area contributed by atoms with E-state index in [1.165, 1.54) is 0 Å². The Hall–Kier alpha value is -2.77. The summed E-state index contributed by atoms with van der Waals surface area (Å²) in [6.07, 6.45) is -0.110. The Balaban J connectivity index is 5.40. The number of nitrogens with zero attached hydrogens (tertiary/aromatic N) is 2. The van der Waals surface area contributed by atoms with Crippen LogP contribution in [0, 0.1) is 0 Å². The van der Waals surface area contributed by atoms with Gasteiger partial charge in [0, 0.05) is 32.1 Å². The number of carboxylic acid groups (broad SMARTS) is 4. The minimum Gasteiger partial charge on any atom is -0.480 e. The highest BCUT2D eigenvalue weighted by Gasteiger charge is 2.27. The van der Waals surface area contributed by atoms with E-state index in [4.69, 9.17) is 26.2 Å². The summed E-state index contributed by atoms with van der Waals surface area (Å²) >= 11 is 0. The van der Waals surface area contributed by atoms with Crippen LogP contribution in [0.5, 0.6) is 0 Å². The van der Waals surface area contributed by atoms with Gasteiger partial charge in [-0.2, -0.15) is 0 Å². The van der Waals surface area contributed by atoms with E-state index in [1.54, 1.807) is 0 Å². The van der Waals surface area contributed by atoms with Gasteiger partial charge in [-0.15, -0.1) is 0 Å². The van der Waals surface area contributed by atoms with Gasteiger partial charge in [0.25, 0.3) is 0 Å². The van der Waals surface area contributed by atoms with E-state index < -0.39 is 62.0 Å². The quantitative estimate of drug-likeness (QED) is 0.153. The largest absolute Gasteiger partial charge is 0.480 e. The smallest absolute Gasteiger partial charge is 0.317 e. The van der Waals surface area contributed by atoms with Crippen molar-refractivity contribution < 1.29 is 44.4 Å². The lowest BCUT2D eigenvalue weighted by Gasteiger charge is -2.32. The molecule has 1 amide bonds. The fourth-order valence-electron chi connectivity index (χ4n) is 2.51. The molecule has 1 atom stereocenters. The molecule has 0 aliphatic carbocycles. The zero-order valence-corrected chi connectivity index (χ0v) is 15.2. The molecule has 13 heteroatoms. The van der Waals surface area contributed by atoms with Gasteiger partial charge in [0.05, 0.1) is 26.2 Å². The van der Waals surface area contributed by atoms with Crippen molar-refractivity contribution in [2.75, 3.05) is 45.8 Å². The van der Waals surface area contributed by atoms with Gasteiger partial charge in [-0.1, -0.05) is 0 Å². The predicted octanol–water partition coefficient (Wildman–Crippen LogP) is -2.85. The SMILES string of the molecule is NCCNC(=O)CCC(CN(CC(=O)O)CC(=O)O)N(CC(=O)O)CC(=O)O. The van der Waals surface area contributed by atoms with Crippen LogP contribution in [0.4, 0.5) is 0 Å². The standard InChI is InChI=1S/C15H26N4O9/c16-3-4-17-11(20)2-1-10(19(8-14(25)26)9-15(27)28)5-18(6-12(21)22)7-13(23)24/h10H,1-9,16H2,(H,17,20)(H,21,22)(H,23,24)(H,25,26)(H,27,28). The molecule has 160 valence electrons. The summed E-state index contributed by atoms with van der Waals surface area (Å²) in [4.78, 5) is 58.0. The van der Waals surface area contributed by atoms with Gasteiger partial charge in [-0.25, -0.2) is 0 Å². The Bertz CT molecular complexity index is 538. The van der Waals surface area contributed by atoms with Crippen molar-refractivity contribution >= 4 is 29.8 Å². The summed E-state index contributed by atoms with van der Waals surface area (Å²) in [5.74, 6) is -5.64. The minimum atomic E-state index is -1.32. The first-order valence-corrected chi connectivity index (χ1v) is 8.35. The number of hydrogen-bond acceptors (Lipinski definition) is 8. The Morgan fingerprint density at radius 1 is 0.821 bits per heavy atom. The molecule has 7 N–H and O–H groups in total. The van der Waals surface area contributed by atoms with Gasteiger partial charge >= 0.3 is 23.9 Å². The number of nitrogens with one attached hydrogen (secondary N) is 1. The lowest BCUT2D eigenvalue weighted by Crippen LogP contribution is -2.50. The van der Waals surface area contributed by atoms with E-state index in [1.807, 2.05) is 0 Å². The molecule has 0 saturated heterocycles. The van der Waals surface area contributed by atoms with Crippen LogP contribution in [0.25, 0.3) is 0 Å². The van der Waals surface area contributed by atoms with E-state index in [-0.39, 0.29) is 32.5 Å². The van der Waals surface area contributed by atoms with E-state index >= 15 is 0 Å². The molecular weight excluding hydrogens is 380 g/mol. The topological polar surface area (TPSA) is 211 Å². The van der Waals surface area contributed by atoms with Crippen molar-refractivity contribution in [1.29, 1.82) is 0 Å². The molecule has 1 unspecified atom stereocenters. The predicted molar refractivity (Wildman–Crippen MR) is 93.6 cm³/mol. The van der Waals surface area contributed by atoms with Crippen molar-refractivity contribution in [3.63, 3.8) is 0 Å². The Labute approximate surface area is 160 Å². The first-order chi connectivity index (χ1) is 13.0. The molecule has 0 saturated carbocycles. The fourth-order valence-corrected chi connectivity index (χ4v) is 2.51. The molecule has 0 aromatic rings. The van der Waals surface area contributed by atoms with Crippen molar-refractivity contribution in [3.8, 4) is 0 Å². The normalized spacial score (nSPS) is 12.0. The first-order valence-electron chi connectivity index (χ1n) is 8.35. The number of amides is 1. The summed E-state index contributed by atoms with van der Waals surface area (Å²) in [6.45, 7) is -2.44. The lowest BCUT2D eigenvalue weighted by atomic mass is 10.1. The second-order valence-corrected chi connectivity index (χ2v) is 5.98. The summed E-state index contributed by atoms with van der Waals surface area (Å²) in [6, 6.07) is -0.880. The molecule has 13 nitrogen and oxygen atoms in total. The molecule has 0 aromatic carbocycles. The van der Waals surface area contributed by atoms with Crippen LogP contribution in [-0.2, 0) is 24.0 Å². The van der Waals surface area contributed by atoms with Crippen molar-refractivity contribution in [3.05, 3.63) is 0 Å². The Morgan fingerprint density at radius 3 is 1.68 bits per heavy atom. The van der Waals surface area contributed by atoms with Gasteiger partial charge in [0.1, 0.15) is 0 Å². The number of carboxylic acids is 4. The van der Waals surface area contributed by atoms with Crippen LogP contribution in [0.1, 0.15) is 12.8 Å². The third-order valence-electron chi connectivity index (χ3n) is 3.55. The van der Waals surface area contributed by atoms with Crippen molar-refractivity contribution in [2.24, 2.45) is 5.73 Å². The number of rotatable bonds is 16. The molecule has 28 heavy (non-hydrogen) atoms. The lowest BCUT2D eigenvalue weighted by molar-refractivity contribution is -0.146. The highest BCUT2D eigenvalue weighted by molar-refractivity contribution is 5.76. The van der Waals surface area contributed by atoms with Gasteiger partial charge in [-0.05, 0) is 6.42 Å². The molecule has 0 fully saturated rings.